The number of carbonyl (C=O) groups is 1. The minimum Gasteiger partial charge on any atom is -0.495 e. The first kappa shape index (κ1) is 12.2. The molecule has 1 N–H and O–H groups in total. The zero-order valence-corrected chi connectivity index (χ0v) is 10.3. The average Bonchev–Trinajstić information content (AvgIpc) is 2.33. The largest absolute Gasteiger partial charge is 0.495 e. The number of carbonyl (C=O) groups excluding carboxylic acids is 1. The Morgan fingerprint density at radius 3 is 3.00 bits per heavy atom. The van der Waals surface area contributed by atoms with Crippen LogP contribution in [0.25, 0.3) is 0 Å². The van der Waals surface area contributed by atoms with E-state index in [1.165, 1.54) is 12.0 Å². The van der Waals surface area contributed by atoms with Crippen LogP contribution in [0.3, 0.4) is 0 Å². The van der Waals surface area contributed by atoms with Crippen LogP contribution in [0.4, 0.5) is 5.69 Å². The van der Waals surface area contributed by atoms with E-state index in [9.17, 15) is 9.90 Å². The third-order valence-corrected chi connectivity index (χ3v) is 3.08. The van der Waals surface area contributed by atoms with Crippen LogP contribution in [0.2, 0.25) is 5.02 Å². The molecule has 1 aliphatic heterocycles. The van der Waals surface area contributed by atoms with Crippen molar-refractivity contribution in [3.8, 4) is 5.75 Å². The third kappa shape index (κ3) is 2.37. The first-order valence-electron chi connectivity index (χ1n) is 5.46. The summed E-state index contributed by atoms with van der Waals surface area (Å²) in [5.74, 6) is 0.286. The second-order valence-corrected chi connectivity index (χ2v) is 4.40. The monoisotopic (exact) mass is 255 g/mol. The number of hydrogen-bond donors (Lipinski definition) is 1. The van der Waals surface area contributed by atoms with E-state index < -0.39 is 6.10 Å². The first-order chi connectivity index (χ1) is 8.13. The van der Waals surface area contributed by atoms with Gasteiger partial charge in [-0.05, 0) is 31.0 Å². The summed E-state index contributed by atoms with van der Waals surface area (Å²) in [7, 11) is 1.54. The highest BCUT2D eigenvalue weighted by molar-refractivity contribution is 6.31. The van der Waals surface area contributed by atoms with Crippen LogP contribution in [-0.2, 0) is 4.79 Å². The van der Waals surface area contributed by atoms with Gasteiger partial charge in [-0.1, -0.05) is 11.6 Å². The summed E-state index contributed by atoms with van der Waals surface area (Å²) in [6.07, 6.45) is 0.355. The molecule has 0 aliphatic carbocycles. The lowest BCUT2D eigenvalue weighted by atomic mass is 10.1. The lowest BCUT2D eigenvalue weighted by Gasteiger charge is -2.30. The number of amides is 1. The van der Waals surface area contributed by atoms with Crippen LogP contribution in [0, 0.1) is 0 Å². The molecule has 1 heterocycles. The van der Waals surface area contributed by atoms with Crippen molar-refractivity contribution in [3.05, 3.63) is 23.2 Å². The summed E-state index contributed by atoms with van der Waals surface area (Å²) in [6.45, 7) is 0.576. The summed E-state index contributed by atoms with van der Waals surface area (Å²) in [4.78, 5) is 13.4. The van der Waals surface area contributed by atoms with Crippen molar-refractivity contribution >= 4 is 23.2 Å². The molecule has 1 aliphatic rings. The second kappa shape index (κ2) is 4.94. The number of methoxy groups -OCH3 is 1. The molecule has 4 nitrogen and oxygen atoms in total. The molecule has 0 saturated carbocycles. The van der Waals surface area contributed by atoms with E-state index in [4.69, 9.17) is 16.3 Å². The van der Waals surface area contributed by atoms with Crippen LogP contribution in [0.5, 0.6) is 5.75 Å². The topological polar surface area (TPSA) is 49.8 Å². The molecule has 0 aromatic heterocycles. The fourth-order valence-corrected chi connectivity index (χ4v) is 2.14. The van der Waals surface area contributed by atoms with E-state index in [1.807, 2.05) is 0 Å². The molecule has 92 valence electrons. The zero-order valence-electron chi connectivity index (χ0n) is 9.52. The van der Waals surface area contributed by atoms with Gasteiger partial charge in [-0.3, -0.25) is 4.79 Å². The van der Waals surface area contributed by atoms with Gasteiger partial charge in [0.1, 0.15) is 11.9 Å². The number of aliphatic hydroxyl groups excluding tert-OH is 1. The summed E-state index contributed by atoms with van der Waals surface area (Å²) >= 11 is 5.92. The molecule has 0 bridgehead atoms. The van der Waals surface area contributed by atoms with Gasteiger partial charge in [-0.15, -0.1) is 0 Å². The van der Waals surface area contributed by atoms with Gasteiger partial charge >= 0.3 is 0 Å². The van der Waals surface area contributed by atoms with Gasteiger partial charge in [0.25, 0.3) is 5.91 Å². The molecule has 1 amide bonds. The van der Waals surface area contributed by atoms with Crippen LogP contribution in [0.15, 0.2) is 18.2 Å². The molecule has 2 rings (SSSR count). The summed E-state index contributed by atoms with van der Waals surface area (Å²) in [6, 6.07) is 5.09. The summed E-state index contributed by atoms with van der Waals surface area (Å²) < 4.78 is 5.20. The maximum atomic E-state index is 11.9. The molecule has 1 atom stereocenters. The van der Waals surface area contributed by atoms with Gasteiger partial charge < -0.3 is 14.7 Å². The van der Waals surface area contributed by atoms with Gasteiger partial charge in [0, 0.05) is 11.6 Å². The average molecular weight is 256 g/mol. The van der Waals surface area contributed by atoms with E-state index in [1.54, 1.807) is 18.2 Å². The van der Waals surface area contributed by atoms with Crippen molar-refractivity contribution in [2.75, 3.05) is 18.6 Å². The molecule has 0 spiro atoms. The highest BCUT2D eigenvalue weighted by Crippen LogP contribution is 2.33. The summed E-state index contributed by atoms with van der Waals surface area (Å²) in [5, 5.41) is 10.1. The molecule has 1 aromatic carbocycles. The number of nitrogens with zero attached hydrogens (tertiary/aromatic N) is 1. The predicted octanol–water partition coefficient (Wildman–Crippen LogP) is 1.84. The Kier molecular flexibility index (Phi) is 3.54. The van der Waals surface area contributed by atoms with E-state index in [0.717, 1.165) is 6.42 Å². The number of piperidine rings is 1. The third-order valence-electron chi connectivity index (χ3n) is 2.84. The Morgan fingerprint density at radius 2 is 2.29 bits per heavy atom. The number of anilines is 1. The van der Waals surface area contributed by atoms with Crippen molar-refractivity contribution in [3.63, 3.8) is 0 Å². The number of aliphatic hydroxyl groups is 1. The summed E-state index contributed by atoms with van der Waals surface area (Å²) in [5.41, 5.74) is 0.615. The van der Waals surface area contributed by atoms with Gasteiger partial charge in [0.2, 0.25) is 0 Å². The van der Waals surface area contributed by atoms with E-state index in [-0.39, 0.29) is 5.91 Å². The van der Waals surface area contributed by atoms with Crippen LogP contribution in [-0.4, -0.2) is 30.8 Å². The Balaban J connectivity index is 2.38. The minimum atomic E-state index is -0.924. The number of ether oxygens (including phenoxy) is 1. The highest BCUT2D eigenvalue weighted by Gasteiger charge is 2.29. The van der Waals surface area contributed by atoms with Crippen molar-refractivity contribution in [1.82, 2.24) is 0 Å². The predicted molar refractivity (Wildman–Crippen MR) is 65.6 cm³/mol. The zero-order chi connectivity index (χ0) is 12.4. The fourth-order valence-electron chi connectivity index (χ4n) is 1.97. The van der Waals surface area contributed by atoms with Gasteiger partial charge in [0.05, 0.1) is 12.8 Å². The Bertz CT molecular complexity index is 436. The SMILES string of the molecule is COc1ccc(Cl)cc1N1CCCC(O)C1=O. The van der Waals surface area contributed by atoms with E-state index in [0.29, 0.717) is 29.4 Å². The van der Waals surface area contributed by atoms with Crippen molar-refractivity contribution in [2.24, 2.45) is 0 Å². The molecular formula is C12H14ClNO3. The Morgan fingerprint density at radius 1 is 1.53 bits per heavy atom. The second-order valence-electron chi connectivity index (χ2n) is 3.96. The Hall–Kier alpha value is -1.26. The molecular weight excluding hydrogens is 242 g/mol. The smallest absolute Gasteiger partial charge is 0.255 e. The molecule has 1 fully saturated rings. The van der Waals surface area contributed by atoms with Crippen molar-refractivity contribution in [2.45, 2.75) is 18.9 Å². The van der Waals surface area contributed by atoms with Crippen molar-refractivity contribution < 1.29 is 14.6 Å². The quantitative estimate of drug-likeness (QED) is 0.877. The van der Waals surface area contributed by atoms with E-state index >= 15 is 0 Å². The van der Waals surface area contributed by atoms with Crippen LogP contribution >= 0.6 is 11.6 Å². The fraction of sp³-hybridized carbons (Fsp3) is 0.417. The van der Waals surface area contributed by atoms with Crippen molar-refractivity contribution in [1.29, 1.82) is 0 Å². The molecule has 1 saturated heterocycles. The molecule has 17 heavy (non-hydrogen) atoms. The number of halogens is 1. The standard InChI is InChI=1S/C12H14ClNO3/c1-17-11-5-4-8(13)7-9(11)14-6-2-3-10(15)12(14)16/h4-5,7,10,15H,2-3,6H2,1H3. The highest BCUT2D eigenvalue weighted by atomic mass is 35.5. The Labute approximate surface area is 105 Å². The number of rotatable bonds is 2. The number of benzene rings is 1. The lowest BCUT2D eigenvalue weighted by molar-refractivity contribution is -0.128. The number of hydrogen-bond acceptors (Lipinski definition) is 3. The van der Waals surface area contributed by atoms with Crippen LogP contribution < -0.4 is 9.64 Å². The van der Waals surface area contributed by atoms with Crippen LogP contribution in [0.1, 0.15) is 12.8 Å². The lowest BCUT2D eigenvalue weighted by Crippen LogP contribution is -2.44. The maximum Gasteiger partial charge on any atom is 0.255 e. The van der Waals surface area contributed by atoms with Gasteiger partial charge in [-0.25, -0.2) is 0 Å². The van der Waals surface area contributed by atoms with E-state index in [2.05, 4.69) is 0 Å². The van der Waals surface area contributed by atoms with Gasteiger partial charge in [-0.2, -0.15) is 0 Å². The molecule has 1 aromatic rings. The molecule has 5 heteroatoms. The minimum absolute atomic E-state index is 0.295. The van der Waals surface area contributed by atoms with Gasteiger partial charge in [0.15, 0.2) is 0 Å². The first-order valence-corrected chi connectivity index (χ1v) is 5.84. The normalized spacial score (nSPS) is 20.5. The molecule has 1 unspecified atom stereocenters. The molecule has 0 radical (unpaired) electrons. The maximum absolute atomic E-state index is 11.9.